The third-order valence-electron chi connectivity index (χ3n) is 4.54. The van der Waals surface area contributed by atoms with E-state index < -0.39 is 0 Å². The molecule has 6 heteroatoms. The second-order valence-corrected chi connectivity index (χ2v) is 7.07. The molecule has 0 saturated heterocycles. The molecule has 0 amide bonds. The van der Waals surface area contributed by atoms with Crippen molar-refractivity contribution < 1.29 is 0 Å². The number of nitrogens with zero attached hydrogens (tertiary/aromatic N) is 4. The van der Waals surface area contributed by atoms with Crippen LogP contribution in [0.1, 0.15) is 33.0 Å². The number of nitrogens with one attached hydrogen (secondary N) is 1. The summed E-state index contributed by atoms with van der Waals surface area (Å²) < 4.78 is 2.09. The zero-order chi connectivity index (χ0) is 19.0. The van der Waals surface area contributed by atoms with E-state index >= 15 is 0 Å². The Kier molecular flexibility index (Phi) is 4.39. The van der Waals surface area contributed by atoms with Gasteiger partial charge in [0, 0.05) is 35.8 Å². The predicted octanol–water partition coefficient (Wildman–Crippen LogP) is 4.13. The smallest absolute Gasteiger partial charge is 0.152 e. The maximum atomic E-state index is 6.29. The van der Waals surface area contributed by atoms with Gasteiger partial charge in [0.15, 0.2) is 5.82 Å². The van der Waals surface area contributed by atoms with Crippen LogP contribution in [-0.2, 0) is 6.42 Å². The lowest BCUT2D eigenvalue weighted by atomic mass is 10.0. The van der Waals surface area contributed by atoms with Crippen LogP contribution in [0.3, 0.4) is 0 Å². The van der Waals surface area contributed by atoms with Crippen molar-refractivity contribution in [2.45, 2.75) is 39.7 Å². The lowest BCUT2D eigenvalue weighted by Crippen LogP contribution is -2.24. The Hall–Kier alpha value is -3.15. The summed E-state index contributed by atoms with van der Waals surface area (Å²) in [7, 11) is 0. The lowest BCUT2D eigenvalue weighted by molar-refractivity contribution is 0.699. The molecular weight excluding hydrogens is 336 g/mol. The fourth-order valence-corrected chi connectivity index (χ4v) is 3.40. The molecule has 0 saturated carbocycles. The standard InChI is InChI=1S/C21H24N6/c1-4-6-18-25-19-20(27(18)26-13(2)3)16-9-8-14(11-17(16)24-21(19)22)15-7-5-10-23-12-15/h5,7-13,26H,4,6H2,1-3H3,(H2,22,24). The lowest BCUT2D eigenvalue weighted by Gasteiger charge is -2.16. The summed E-state index contributed by atoms with van der Waals surface area (Å²) in [4.78, 5) is 13.6. The Bertz CT molecular complexity index is 1100. The molecule has 0 aliphatic heterocycles. The van der Waals surface area contributed by atoms with Gasteiger partial charge in [0.2, 0.25) is 0 Å². The summed E-state index contributed by atoms with van der Waals surface area (Å²) in [5, 5.41) is 1.04. The molecule has 0 unspecified atom stereocenters. The van der Waals surface area contributed by atoms with Crippen LogP contribution in [-0.4, -0.2) is 25.7 Å². The largest absolute Gasteiger partial charge is 0.382 e. The number of hydrogen-bond donors (Lipinski definition) is 2. The molecule has 0 spiro atoms. The van der Waals surface area contributed by atoms with Crippen molar-refractivity contribution in [2.24, 2.45) is 0 Å². The predicted molar refractivity (Wildman–Crippen MR) is 111 cm³/mol. The molecule has 0 fully saturated rings. The van der Waals surface area contributed by atoms with E-state index in [0.29, 0.717) is 5.82 Å². The molecule has 1 aromatic carbocycles. The van der Waals surface area contributed by atoms with Crippen molar-refractivity contribution in [1.29, 1.82) is 0 Å². The van der Waals surface area contributed by atoms with Crippen molar-refractivity contribution >= 4 is 27.8 Å². The number of anilines is 1. The van der Waals surface area contributed by atoms with Gasteiger partial charge in [0.05, 0.1) is 5.52 Å². The fraction of sp³-hybridized carbons (Fsp3) is 0.286. The summed E-state index contributed by atoms with van der Waals surface area (Å²) in [5.74, 6) is 1.45. The molecule has 0 bridgehead atoms. The van der Waals surface area contributed by atoms with E-state index in [-0.39, 0.29) is 6.04 Å². The second kappa shape index (κ2) is 6.87. The Balaban J connectivity index is 1.99. The highest BCUT2D eigenvalue weighted by Crippen LogP contribution is 2.31. The van der Waals surface area contributed by atoms with Gasteiger partial charge in [-0.3, -0.25) is 4.98 Å². The zero-order valence-corrected chi connectivity index (χ0v) is 15.9. The Morgan fingerprint density at radius 1 is 1.15 bits per heavy atom. The van der Waals surface area contributed by atoms with Gasteiger partial charge in [-0.2, -0.15) is 0 Å². The summed E-state index contributed by atoms with van der Waals surface area (Å²) in [5.41, 5.74) is 14.5. The maximum absolute atomic E-state index is 6.29. The van der Waals surface area contributed by atoms with Gasteiger partial charge in [-0.15, -0.1) is 0 Å². The fourth-order valence-electron chi connectivity index (χ4n) is 3.40. The average Bonchev–Trinajstić information content (AvgIpc) is 3.01. The number of hydrogen-bond acceptors (Lipinski definition) is 5. The number of nitrogens with two attached hydrogens (primary N) is 1. The Morgan fingerprint density at radius 2 is 2.00 bits per heavy atom. The first kappa shape index (κ1) is 17.3. The maximum Gasteiger partial charge on any atom is 0.152 e. The molecule has 3 N–H and O–H groups in total. The summed E-state index contributed by atoms with van der Waals surface area (Å²) >= 11 is 0. The molecule has 6 nitrogen and oxygen atoms in total. The third kappa shape index (κ3) is 3.07. The molecule has 0 aliphatic carbocycles. The van der Waals surface area contributed by atoms with Crippen LogP contribution in [0.4, 0.5) is 5.82 Å². The normalized spacial score (nSPS) is 11.6. The van der Waals surface area contributed by atoms with Gasteiger partial charge in [0.1, 0.15) is 16.9 Å². The first-order chi connectivity index (χ1) is 13.1. The summed E-state index contributed by atoms with van der Waals surface area (Å²) in [6.07, 6.45) is 5.52. The van der Waals surface area contributed by atoms with Gasteiger partial charge < -0.3 is 11.2 Å². The molecule has 3 heterocycles. The van der Waals surface area contributed by atoms with Crippen LogP contribution in [0, 0.1) is 0 Å². The minimum atomic E-state index is 0.275. The van der Waals surface area contributed by atoms with Gasteiger partial charge in [-0.05, 0) is 44.0 Å². The molecule has 3 aromatic heterocycles. The van der Waals surface area contributed by atoms with Crippen LogP contribution in [0.2, 0.25) is 0 Å². The van der Waals surface area contributed by atoms with Gasteiger partial charge in [-0.25, -0.2) is 14.6 Å². The highest BCUT2D eigenvalue weighted by molar-refractivity contribution is 6.07. The van der Waals surface area contributed by atoms with Crippen LogP contribution >= 0.6 is 0 Å². The zero-order valence-electron chi connectivity index (χ0n) is 15.9. The van der Waals surface area contributed by atoms with E-state index in [9.17, 15) is 0 Å². The number of imidazole rings is 1. The highest BCUT2D eigenvalue weighted by Gasteiger charge is 2.18. The first-order valence-corrected chi connectivity index (χ1v) is 9.36. The molecule has 27 heavy (non-hydrogen) atoms. The Labute approximate surface area is 158 Å². The molecule has 0 radical (unpaired) electrons. The number of fused-ring (bicyclic) bond motifs is 3. The van der Waals surface area contributed by atoms with Crippen molar-refractivity contribution in [3.05, 3.63) is 48.5 Å². The summed E-state index contributed by atoms with van der Waals surface area (Å²) in [6, 6.07) is 10.5. The second-order valence-electron chi connectivity index (χ2n) is 7.07. The van der Waals surface area contributed by atoms with E-state index in [1.54, 1.807) is 6.20 Å². The highest BCUT2D eigenvalue weighted by atomic mass is 15.4. The SMILES string of the molecule is CCCc1nc2c(N)nc3cc(-c4cccnc4)ccc3c2n1NC(C)C. The molecule has 4 rings (SSSR count). The van der Waals surface area contributed by atoms with Crippen LogP contribution in [0.5, 0.6) is 0 Å². The monoisotopic (exact) mass is 360 g/mol. The van der Waals surface area contributed by atoms with Crippen LogP contribution in [0.25, 0.3) is 33.1 Å². The number of rotatable bonds is 5. The molecule has 138 valence electrons. The van der Waals surface area contributed by atoms with E-state index in [1.807, 2.05) is 18.3 Å². The van der Waals surface area contributed by atoms with E-state index in [4.69, 9.17) is 10.7 Å². The molecular formula is C21H24N6. The van der Waals surface area contributed by atoms with Gasteiger partial charge in [0.25, 0.3) is 0 Å². The number of pyridine rings is 2. The first-order valence-electron chi connectivity index (χ1n) is 9.36. The topological polar surface area (TPSA) is 81.7 Å². The van der Waals surface area contributed by atoms with Gasteiger partial charge >= 0.3 is 0 Å². The third-order valence-corrected chi connectivity index (χ3v) is 4.54. The van der Waals surface area contributed by atoms with E-state index in [1.165, 1.54) is 0 Å². The Morgan fingerprint density at radius 3 is 2.70 bits per heavy atom. The minimum absolute atomic E-state index is 0.275. The number of nitrogen functional groups attached to an aromatic ring is 1. The molecule has 0 atom stereocenters. The van der Waals surface area contributed by atoms with Crippen molar-refractivity contribution in [2.75, 3.05) is 11.2 Å². The number of benzene rings is 1. The number of aromatic nitrogens is 4. The summed E-state index contributed by atoms with van der Waals surface area (Å²) in [6.45, 7) is 6.39. The van der Waals surface area contributed by atoms with Crippen molar-refractivity contribution in [3.63, 3.8) is 0 Å². The quantitative estimate of drug-likeness (QED) is 0.559. The molecule has 0 aliphatic rings. The average molecular weight is 360 g/mol. The van der Waals surface area contributed by atoms with E-state index in [0.717, 1.165) is 51.7 Å². The van der Waals surface area contributed by atoms with Crippen molar-refractivity contribution in [1.82, 2.24) is 19.6 Å². The minimum Gasteiger partial charge on any atom is -0.382 e. The van der Waals surface area contributed by atoms with E-state index in [2.05, 4.69) is 59.0 Å². The van der Waals surface area contributed by atoms with Gasteiger partial charge in [-0.1, -0.05) is 19.1 Å². The molecule has 4 aromatic rings. The van der Waals surface area contributed by atoms with Crippen LogP contribution in [0.15, 0.2) is 42.7 Å². The number of aryl methyl sites for hydroxylation is 1. The van der Waals surface area contributed by atoms with Crippen LogP contribution < -0.4 is 11.2 Å². The van der Waals surface area contributed by atoms with Crippen molar-refractivity contribution in [3.8, 4) is 11.1 Å².